The van der Waals surface area contributed by atoms with Crippen LogP contribution in [-0.2, 0) is 23.6 Å². The number of benzene rings is 1. The van der Waals surface area contributed by atoms with Crippen LogP contribution in [0.4, 0.5) is 10.5 Å². The third-order valence-corrected chi connectivity index (χ3v) is 6.74. The Bertz CT molecular complexity index is 1430. The Labute approximate surface area is 214 Å². The molecule has 0 spiro atoms. The van der Waals surface area contributed by atoms with Crippen LogP contribution in [0.15, 0.2) is 47.4 Å². The Hall–Kier alpha value is -3.92. The van der Waals surface area contributed by atoms with E-state index >= 15 is 0 Å². The SMILES string of the molecule is CCOC(=O)N(c1c(C(=O)c2cnn(C)c2)oc2ccc(-c3cnn(C)c3)cc12)[C@H]1CCO[C@@H](CC)C1. The van der Waals surface area contributed by atoms with E-state index in [4.69, 9.17) is 13.9 Å². The number of anilines is 1. The third-order valence-electron chi connectivity index (χ3n) is 6.74. The van der Waals surface area contributed by atoms with Gasteiger partial charge in [0.05, 0.1) is 30.7 Å². The summed E-state index contributed by atoms with van der Waals surface area (Å²) in [4.78, 5) is 28.9. The van der Waals surface area contributed by atoms with Crippen molar-refractivity contribution in [2.45, 2.75) is 45.3 Å². The molecule has 10 heteroatoms. The fourth-order valence-electron chi connectivity index (χ4n) is 4.89. The van der Waals surface area contributed by atoms with E-state index in [9.17, 15) is 9.59 Å². The Morgan fingerprint density at radius 2 is 1.89 bits per heavy atom. The highest BCUT2D eigenvalue weighted by molar-refractivity contribution is 6.17. The summed E-state index contributed by atoms with van der Waals surface area (Å²) in [6, 6.07) is 5.46. The van der Waals surface area contributed by atoms with Crippen LogP contribution < -0.4 is 4.90 Å². The molecule has 0 aliphatic carbocycles. The molecule has 37 heavy (non-hydrogen) atoms. The smallest absolute Gasteiger partial charge is 0.414 e. The Kier molecular flexibility index (Phi) is 6.84. The van der Waals surface area contributed by atoms with E-state index in [0.29, 0.717) is 41.7 Å². The maximum atomic E-state index is 13.7. The van der Waals surface area contributed by atoms with Gasteiger partial charge in [0.2, 0.25) is 5.78 Å². The molecule has 194 valence electrons. The van der Waals surface area contributed by atoms with E-state index in [1.807, 2.05) is 31.4 Å². The molecule has 1 saturated heterocycles. The fraction of sp³-hybridized carbons (Fsp3) is 0.407. The van der Waals surface area contributed by atoms with Crippen molar-refractivity contribution in [3.05, 3.63) is 54.3 Å². The van der Waals surface area contributed by atoms with Gasteiger partial charge in [-0.25, -0.2) is 4.79 Å². The first-order chi connectivity index (χ1) is 17.9. The minimum atomic E-state index is -0.515. The monoisotopic (exact) mass is 505 g/mol. The molecule has 4 aromatic rings. The second kappa shape index (κ2) is 10.2. The third kappa shape index (κ3) is 4.76. The number of aryl methyl sites for hydroxylation is 2. The highest BCUT2D eigenvalue weighted by Gasteiger charge is 2.37. The maximum Gasteiger partial charge on any atom is 0.414 e. The molecule has 0 unspecified atom stereocenters. The lowest BCUT2D eigenvalue weighted by molar-refractivity contribution is 0.00468. The normalized spacial score (nSPS) is 17.7. The average Bonchev–Trinajstić information content (AvgIpc) is 3.62. The van der Waals surface area contributed by atoms with Gasteiger partial charge in [0.1, 0.15) is 11.3 Å². The van der Waals surface area contributed by atoms with Crippen LogP contribution in [0.3, 0.4) is 0 Å². The number of ketones is 1. The highest BCUT2D eigenvalue weighted by Crippen LogP contribution is 2.40. The van der Waals surface area contributed by atoms with Crippen LogP contribution in [0.5, 0.6) is 0 Å². The second-order valence-corrected chi connectivity index (χ2v) is 9.27. The number of carbonyl (C=O) groups excluding carboxylic acids is 2. The number of hydrogen-bond acceptors (Lipinski definition) is 7. The van der Waals surface area contributed by atoms with Gasteiger partial charge in [0.25, 0.3) is 0 Å². The van der Waals surface area contributed by atoms with Crippen molar-refractivity contribution >= 4 is 28.5 Å². The summed E-state index contributed by atoms with van der Waals surface area (Å²) < 4.78 is 20.9. The molecule has 1 amide bonds. The molecule has 0 N–H and O–H groups in total. The maximum absolute atomic E-state index is 13.7. The highest BCUT2D eigenvalue weighted by atomic mass is 16.6. The molecule has 1 aliphatic heterocycles. The lowest BCUT2D eigenvalue weighted by Crippen LogP contribution is -2.46. The average molecular weight is 506 g/mol. The van der Waals surface area contributed by atoms with E-state index in [1.54, 1.807) is 40.6 Å². The first-order valence-corrected chi connectivity index (χ1v) is 12.6. The molecule has 0 bridgehead atoms. The Morgan fingerprint density at radius 3 is 2.57 bits per heavy atom. The minimum absolute atomic E-state index is 0.0114. The van der Waals surface area contributed by atoms with E-state index in [-0.39, 0.29) is 30.3 Å². The minimum Gasteiger partial charge on any atom is -0.450 e. The first kappa shape index (κ1) is 24.8. The molecule has 10 nitrogen and oxygen atoms in total. The standard InChI is InChI=1S/C27H31N5O5/c1-5-21-12-20(9-10-36-21)32(27(34)35-6-2)24-22-11-17(18-13-28-30(3)15-18)7-8-23(22)37-26(24)25(33)19-14-29-31(4)16-19/h7-8,11,13-16,20-21H,5-6,9-10,12H2,1-4H3/t20-,21-/m0/s1. The summed E-state index contributed by atoms with van der Waals surface area (Å²) in [5.41, 5.74) is 3.09. The van der Waals surface area contributed by atoms with Crippen LogP contribution in [0.1, 0.15) is 49.2 Å². The molecule has 0 saturated carbocycles. The van der Waals surface area contributed by atoms with Crippen LogP contribution in [0.25, 0.3) is 22.1 Å². The summed E-state index contributed by atoms with van der Waals surface area (Å²) in [6.07, 6.45) is 8.39. The Morgan fingerprint density at radius 1 is 1.11 bits per heavy atom. The van der Waals surface area contributed by atoms with Gasteiger partial charge < -0.3 is 13.9 Å². The van der Waals surface area contributed by atoms with Crippen molar-refractivity contribution in [1.29, 1.82) is 0 Å². The van der Waals surface area contributed by atoms with E-state index in [0.717, 1.165) is 17.5 Å². The summed E-state index contributed by atoms with van der Waals surface area (Å²) >= 11 is 0. The van der Waals surface area contributed by atoms with Crippen LogP contribution >= 0.6 is 0 Å². The van der Waals surface area contributed by atoms with Crippen LogP contribution in [0, 0.1) is 0 Å². The van der Waals surface area contributed by atoms with Crippen molar-refractivity contribution in [2.75, 3.05) is 18.1 Å². The number of carbonyl (C=O) groups is 2. The van der Waals surface area contributed by atoms with Crippen molar-refractivity contribution in [3.63, 3.8) is 0 Å². The van der Waals surface area contributed by atoms with Crippen molar-refractivity contribution in [3.8, 4) is 11.1 Å². The Balaban J connectivity index is 1.72. The molecule has 1 aromatic carbocycles. The van der Waals surface area contributed by atoms with Gasteiger partial charge in [0, 0.05) is 50.1 Å². The van der Waals surface area contributed by atoms with Gasteiger partial charge in [-0.15, -0.1) is 0 Å². The summed E-state index contributed by atoms with van der Waals surface area (Å²) in [7, 11) is 3.60. The molecule has 1 fully saturated rings. The molecule has 4 heterocycles. The van der Waals surface area contributed by atoms with Gasteiger partial charge in [-0.2, -0.15) is 10.2 Å². The molecule has 5 rings (SSSR count). The van der Waals surface area contributed by atoms with Crippen molar-refractivity contribution < 1.29 is 23.5 Å². The molecular weight excluding hydrogens is 474 g/mol. The van der Waals surface area contributed by atoms with Crippen molar-refractivity contribution in [2.24, 2.45) is 14.1 Å². The molecule has 2 atom stereocenters. The lowest BCUT2D eigenvalue weighted by Gasteiger charge is -2.36. The van der Waals surface area contributed by atoms with Gasteiger partial charge in [0.15, 0.2) is 5.76 Å². The number of nitrogens with zero attached hydrogens (tertiary/aromatic N) is 5. The van der Waals surface area contributed by atoms with Gasteiger partial charge in [-0.05, 0) is 43.9 Å². The van der Waals surface area contributed by atoms with Crippen LogP contribution in [0.2, 0.25) is 0 Å². The zero-order chi connectivity index (χ0) is 26.1. The predicted molar refractivity (Wildman–Crippen MR) is 138 cm³/mol. The summed E-state index contributed by atoms with van der Waals surface area (Å²) in [6.45, 7) is 4.55. The largest absolute Gasteiger partial charge is 0.450 e. The first-order valence-electron chi connectivity index (χ1n) is 12.6. The van der Waals surface area contributed by atoms with Gasteiger partial charge >= 0.3 is 6.09 Å². The summed E-state index contributed by atoms with van der Waals surface area (Å²) in [5.74, 6) is -0.269. The molecular formula is C27H31N5O5. The number of furan rings is 1. The van der Waals surface area contributed by atoms with E-state index in [1.165, 1.54) is 6.20 Å². The number of hydrogen-bond donors (Lipinski definition) is 0. The fourth-order valence-corrected chi connectivity index (χ4v) is 4.89. The number of ether oxygens (including phenoxy) is 2. The quantitative estimate of drug-likeness (QED) is 0.335. The zero-order valence-corrected chi connectivity index (χ0v) is 21.5. The van der Waals surface area contributed by atoms with E-state index in [2.05, 4.69) is 17.1 Å². The molecule has 1 aliphatic rings. The number of aromatic nitrogens is 4. The zero-order valence-electron chi connectivity index (χ0n) is 21.5. The lowest BCUT2D eigenvalue weighted by atomic mass is 9.98. The number of rotatable bonds is 7. The predicted octanol–water partition coefficient (Wildman–Crippen LogP) is 4.72. The molecule has 0 radical (unpaired) electrons. The second-order valence-electron chi connectivity index (χ2n) is 9.27. The van der Waals surface area contributed by atoms with Gasteiger partial charge in [-0.1, -0.05) is 13.0 Å². The molecule has 3 aromatic heterocycles. The van der Waals surface area contributed by atoms with E-state index < -0.39 is 6.09 Å². The number of fused-ring (bicyclic) bond motifs is 1. The number of amides is 1. The van der Waals surface area contributed by atoms with Crippen LogP contribution in [-0.4, -0.2) is 56.8 Å². The summed E-state index contributed by atoms with van der Waals surface area (Å²) in [5, 5.41) is 9.08. The topological polar surface area (TPSA) is 105 Å². The van der Waals surface area contributed by atoms with Gasteiger partial charge in [-0.3, -0.25) is 19.1 Å². The van der Waals surface area contributed by atoms with Crippen molar-refractivity contribution in [1.82, 2.24) is 19.6 Å².